The van der Waals surface area contributed by atoms with Gasteiger partial charge in [0.25, 0.3) is 0 Å². The molecule has 0 bridgehead atoms. The van der Waals surface area contributed by atoms with Crippen LogP contribution in [0.15, 0.2) is 42.5 Å². The molecular weight excluding hydrogens is 317 g/mol. The molecule has 1 N–H and O–H groups in total. The molecule has 2 rings (SSSR count). The summed E-state index contributed by atoms with van der Waals surface area (Å²) in [7, 11) is 0. The van der Waals surface area contributed by atoms with Crippen molar-refractivity contribution in [2.24, 2.45) is 0 Å². The van der Waals surface area contributed by atoms with Gasteiger partial charge in [0, 0.05) is 11.3 Å². The average Bonchev–Trinajstić information content (AvgIpc) is 2.46. The Morgan fingerprint density at radius 1 is 1.09 bits per heavy atom. The minimum Gasteiger partial charge on any atom is -0.755 e. The van der Waals surface area contributed by atoms with Crippen LogP contribution in [0.25, 0.3) is 11.1 Å². The van der Waals surface area contributed by atoms with E-state index in [4.69, 9.17) is 5.26 Å². The minimum atomic E-state index is -4.41. The maximum Gasteiger partial charge on any atom is 0.416 e. The molecule has 0 heterocycles. The highest BCUT2D eigenvalue weighted by Crippen LogP contribution is 2.31. The smallest absolute Gasteiger partial charge is 0.416 e. The Labute approximate surface area is 126 Å². The molecule has 2 aromatic carbocycles. The molecule has 0 aliphatic rings. The van der Waals surface area contributed by atoms with Gasteiger partial charge < -0.3 is 9.27 Å². The average molecular weight is 325 g/mol. The number of anilines is 1. The van der Waals surface area contributed by atoms with Gasteiger partial charge in [0.05, 0.1) is 16.8 Å². The fourth-order valence-corrected chi connectivity index (χ4v) is 2.20. The third-order valence-corrected chi connectivity index (χ3v) is 3.27. The molecular formula is C14H8F3N2O2S-. The zero-order chi connectivity index (χ0) is 16.3. The van der Waals surface area contributed by atoms with E-state index in [1.165, 1.54) is 30.3 Å². The van der Waals surface area contributed by atoms with Gasteiger partial charge >= 0.3 is 6.18 Å². The van der Waals surface area contributed by atoms with Gasteiger partial charge in [0.1, 0.15) is 6.07 Å². The van der Waals surface area contributed by atoms with Gasteiger partial charge in [0.15, 0.2) is 0 Å². The lowest BCUT2D eigenvalue weighted by atomic mass is 10.0. The third-order valence-electron chi connectivity index (χ3n) is 2.88. The van der Waals surface area contributed by atoms with Crippen LogP contribution in [0.3, 0.4) is 0 Å². The van der Waals surface area contributed by atoms with E-state index in [-0.39, 0.29) is 11.3 Å². The number of alkyl halides is 3. The normalized spacial score (nSPS) is 12.5. The monoisotopic (exact) mass is 325 g/mol. The Hall–Kier alpha value is -2.37. The molecule has 0 aromatic heterocycles. The molecule has 1 atom stereocenters. The number of benzene rings is 2. The summed E-state index contributed by atoms with van der Waals surface area (Å²) in [4.78, 5) is 0. The van der Waals surface area contributed by atoms with Gasteiger partial charge in [-0.15, -0.1) is 0 Å². The third kappa shape index (κ3) is 3.63. The van der Waals surface area contributed by atoms with Gasteiger partial charge in [0.2, 0.25) is 0 Å². The Balaban J connectivity index is 2.37. The molecule has 0 fully saturated rings. The van der Waals surface area contributed by atoms with Crippen LogP contribution < -0.4 is 4.72 Å². The standard InChI is InChI=1S/C14H9F3N2O2S/c15-14(16,17)12-4-1-9(2-5-12)10-3-6-13(19-22(20)21)11(7-10)8-18/h1-7,19H,(H,20,21)/p-1. The number of hydrogen-bond acceptors (Lipinski definition) is 3. The SMILES string of the molecule is N#Cc1cc(-c2ccc(C(F)(F)F)cc2)ccc1NS(=O)[O-]. The molecule has 22 heavy (non-hydrogen) atoms. The lowest BCUT2D eigenvalue weighted by Gasteiger charge is -2.12. The quantitative estimate of drug-likeness (QED) is 0.878. The summed E-state index contributed by atoms with van der Waals surface area (Å²) < 4.78 is 60.8. The second-order valence-electron chi connectivity index (χ2n) is 4.28. The molecule has 0 amide bonds. The highest BCUT2D eigenvalue weighted by Gasteiger charge is 2.29. The number of nitriles is 1. The maximum absolute atomic E-state index is 12.5. The topological polar surface area (TPSA) is 76.0 Å². The second-order valence-corrected chi connectivity index (χ2v) is 4.96. The predicted octanol–water partition coefficient (Wildman–Crippen LogP) is 3.45. The highest BCUT2D eigenvalue weighted by atomic mass is 32.2. The maximum atomic E-state index is 12.5. The number of nitrogens with one attached hydrogen (secondary N) is 1. The number of rotatable bonds is 3. The van der Waals surface area contributed by atoms with Crippen molar-refractivity contribution >= 4 is 17.0 Å². The lowest BCUT2D eigenvalue weighted by Crippen LogP contribution is -2.04. The summed E-state index contributed by atoms with van der Waals surface area (Å²) in [6.07, 6.45) is -4.41. The number of nitrogens with zero attached hydrogens (tertiary/aromatic N) is 1. The van der Waals surface area contributed by atoms with Crippen LogP contribution in [0.1, 0.15) is 11.1 Å². The van der Waals surface area contributed by atoms with Gasteiger partial charge in [-0.25, -0.2) is 0 Å². The molecule has 1 unspecified atom stereocenters. The zero-order valence-corrected chi connectivity index (χ0v) is 11.7. The summed E-state index contributed by atoms with van der Waals surface area (Å²) in [5, 5.41) is 9.01. The number of hydrogen-bond donors (Lipinski definition) is 1. The highest BCUT2D eigenvalue weighted by molar-refractivity contribution is 7.80. The molecule has 2 aromatic rings. The van der Waals surface area contributed by atoms with Crippen molar-refractivity contribution in [1.29, 1.82) is 5.26 Å². The van der Waals surface area contributed by atoms with Crippen LogP contribution in [-0.2, 0) is 17.4 Å². The van der Waals surface area contributed by atoms with Gasteiger partial charge in [-0.2, -0.15) is 18.4 Å². The Morgan fingerprint density at radius 3 is 2.18 bits per heavy atom. The molecule has 0 aliphatic carbocycles. The van der Waals surface area contributed by atoms with Crippen molar-refractivity contribution in [3.63, 3.8) is 0 Å². The summed E-state index contributed by atoms with van der Waals surface area (Å²) >= 11 is -2.57. The van der Waals surface area contributed by atoms with E-state index in [1.807, 2.05) is 6.07 Å². The summed E-state index contributed by atoms with van der Waals surface area (Å²) in [5.41, 5.74) is 0.400. The fourth-order valence-electron chi connectivity index (χ4n) is 1.85. The van der Waals surface area contributed by atoms with Crippen LogP contribution in [0.4, 0.5) is 18.9 Å². The first kappa shape index (κ1) is 16.0. The predicted molar refractivity (Wildman–Crippen MR) is 74.1 cm³/mol. The summed E-state index contributed by atoms with van der Waals surface area (Å²) in [6, 6.07) is 10.6. The van der Waals surface area contributed by atoms with Crippen LogP contribution in [-0.4, -0.2) is 8.76 Å². The van der Waals surface area contributed by atoms with Crippen LogP contribution >= 0.6 is 0 Å². The summed E-state index contributed by atoms with van der Waals surface area (Å²) in [6.45, 7) is 0. The van der Waals surface area contributed by atoms with E-state index in [2.05, 4.69) is 4.72 Å². The first-order valence-electron chi connectivity index (χ1n) is 5.89. The van der Waals surface area contributed by atoms with E-state index in [9.17, 15) is 21.9 Å². The van der Waals surface area contributed by atoms with E-state index < -0.39 is 23.0 Å². The molecule has 0 saturated heterocycles. The van der Waals surface area contributed by atoms with Crippen molar-refractivity contribution in [1.82, 2.24) is 0 Å². The van der Waals surface area contributed by atoms with Crippen LogP contribution in [0, 0.1) is 11.3 Å². The van der Waals surface area contributed by atoms with Gasteiger partial charge in [-0.1, -0.05) is 18.2 Å². The fraction of sp³-hybridized carbons (Fsp3) is 0.0714. The molecule has 8 heteroatoms. The van der Waals surface area contributed by atoms with Crippen molar-refractivity contribution in [2.75, 3.05) is 4.72 Å². The van der Waals surface area contributed by atoms with Crippen molar-refractivity contribution < 1.29 is 21.9 Å². The number of halogens is 3. The van der Waals surface area contributed by atoms with Crippen molar-refractivity contribution in [2.45, 2.75) is 6.18 Å². The van der Waals surface area contributed by atoms with Gasteiger partial charge in [-0.05, 0) is 35.4 Å². The Bertz CT molecular complexity index is 752. The van der Waals surface area contributed by atoms with Crippen molar-refractivity contribution in [3.8, 4) is 17.2 Å². The lowest BCUT2D eigenvalue weighted by molar-refractivity contribution is -0.137. The largest absolute Gasteiger partial charge is 0.755 e. The molecule has 0 spiro atoms. The summed E-state index contributed by atoms with van der Waals surface area (Å²) in [5.74, 6) is 0. The Kier molecular flexibility index (Phi) is 4.49. The van der Waals surface area contributed by atoms with E-state index >= 15 is 0 Å². The molecule has 0 radical (unpaired) electrons. The van der Waals surface area contributed by atoms with Gasteiger partial charge in [-0.3, -0.25) is 4.21 Å². The Morgan fingerprint density at radius 2 is 1.68 bits per heavy atom. The minimum absolute atomic E-state index is 0.0709. The van der Waals surface area contributed by atoms with Crippen molar-refractivity contribution in [3.05, 3.63) is 53.6 Å². The molecule has 0 saturated carbocycles. The van der Waals surface area contributed by atoms with E-state index in [0.29, 0.717) is 11.1 Å². The molecule has 0 aliphatic heterocycles. The van der Waals surface area contributed by atoms with Crippen LogP contribution in [0.2, 0.25) is 0 Å². The molecule has 114 valence electrons. The first-order valence-corrected chi connectivity index (χ1v) is 6.96. The van der Waals surface area contributed by atoms with E-state index in [1.54, 1.807) is 0 Å². The second kappa shape index (κ2) is 6.17. The zero-order valence-electron chi connectivity index (χ0n) is 10.8. The molecule has 4 nitrogen and oxygen atoms in total. The first-order chi connectivity index (χ1) is 10.3. The van der Waals surface area contributed by atoms with Crippen LogP contribution in [0.5, 0.6) is 0 Å². The van der Waals surface area contributed by atoms with E-state index in [0.717, 1.165) is 12.1 Å².